The first-order chi connectivity index (χ1) is 6.34. The van der Waals surface area contributed by atoms with E-state index in [2.05, 4.69) is 0 Å². The zero-order valence-corrected chi connectivity index (χ0v) is 9.54. The molecular weight excluding hydrogens is 204 g/mol. The molecule has 0 aromatic carbocycles. The Bertz CT molecular complexity index is 323. The summed E-state index contributed by atoms with van der Waals surface area (Å²) in [7, 11) is 0.0356. The van der Waals surface area contributed by atoms with E-state index in [0.717, 1.165) is 12.7 Å². The van der Waals surface area contributed by atoms with Gasteiger partial charge in [0.1, 0.15) is 6.04 Å². The third-order valence-electron chi connectivity index (χ3n) is 2.36. The standard InChI is InChI=1S/C8H16N2O3S/c1-9(2)8(11)7-5-4-6-10(7)14(3,12)13/h7H,4-6H2,1-3H3/t7-/m0/s1. The summed E-state index contributed by atoms with van der Waals surface area (Å²) in [6.45, 7) is 0.461. The summed E-state index contributed by atoms with van der Waals surface area (Å²) < 4.78 is 23.9. The molecule has 1 atom stereocenters. The van der Waals surface area contributed by atoms with Crippen LogP contribution < -0.4 is 0 Å². The van der Waals surface area contributed by atoms with E-state index in [1.165, 1.54) is 9.21 Å². The monoisotopic (exact) mass is 220 g/mol. The molecule has 6 heteroatoms. The summed E-state index contributed by atoms with van der Waals surface area (Å²) in [5.74, 6) is -0.132. The molecule has 0 N–H and O–H groups in total. The Morgan fingerprint density at radius 3 is 2.43 bits per heavy atom. The number of likely N-dealkylation sites (N-methyl/N-ethyl adjacent to an activating group) is 1. The number of carbonyl (C=O) groups is 1. The third kappa shape index (κ3) is 2.24. The van der Waals surface area contributed by atoms with Gasteiger partial charge >= 0.3 is 0 Å². The average molecular weight is 220 g/mol. The highest BCUT2D eigenvalue weighted by Crippen LogP contribution is 2.21. The second-order valence-electron chi connectivity index (χ2n) is 3.76. The van der Waals surface area contributed by atoms with Gasteiger partial charge in [0.2, 0.25) is 15.9 Å². The zero-order chi connectivity index (χ0) is 10.9. The van der Waals surface area contributed by atoms with Gasteiger partial charge in [-0.15, -0.1) is 0 Å². The number of carbonyl (C=O) groups excluding carboxylic acids is 1. The van der Waals surface area contributed by atoms with Crippen molar-refractivity contribution < 1.29 is 13.2 Å². The molecular formula is C8H16N2O3S. The Morgan fingerprint density at radius 1 is 1.43 bits per heavy atom. The number of sulfonamides is 1. The van der Waals surface area contributed by atoms with Crippen LogP contribution in [-0.4, -0.2) is 56.5 Å². The van der Waals surface area contributed by atoms with Crippen LogP contribution in [0.2, 0.25) is 0 Å². The maximum absolute atomic E-state index is 11.6. The molecule has 1 amide bonds. The van der Waals surface area contributed by atoms with E-state index in [1.807, 2.05) is 0 Å². The predicted octanol–water partition coefficient (Wildman–Crippen LogP) is -0.501. The minimum absolute atomic E-state index is 0.132. The Hall–Kier alpha value is -0.620. The molecule has 0 aliphatic carbocycles. The molecule has 0 spiro atoms. The van der Waals surface area contributed by atoms with Crippen molar-refractivity contribution in [1.82, 2.24) is 9.21 Å². The Balaban J connectivity index is 2.85. The van der Waals surface area contributed by atoms with E-state index in [-0.39, 0.29) is 5.91 Å². The normalized spacial score (nSPS) is 23.8. The first-order valence-electron chi connectivity index (χ1n) is 4.52. The molecule has 1 aliphatic rings. The van der Waals surface area contributed by atoms with Gasteiger partial charge in [-0.25, -0.2) is 8.42 Å². The highest BCUT2D eigenvalue weighted by atomic mass is 32.2. The molecule has 0 aromatic rings. The van der Waals surface area contributed by atoms with Crippen molar-refractivity contribution in [2.45, 2.75) is 18.9 Å². The molecule has 1 rings (SSSR count). The van der Waals surface area contributed by atoms with Crippen molar-refractivity contribution in [2.24, 2.45) is 0 Å². The lowest BCUT2D eigenvalue weighted by molar-refractivity contribution is -0.132. The fourth-order valence-corrected chi connectivity index (χ4v) is 2.80. The highest BCUT2D eigenvalue weighted by Gasteiger charge is 2.36. The summed E-state index contributed by atoms with van der Waals surface area (Å²) in [6, 6.07) is -0.486. The van der Waals surface area contributed by atoms with Crippen LogP contribution in [0, 0.1) is 0 Å². The lowest BCUT2D eigenvalue weighted by Gasteiger charge is -2.23. The van der Waals surface area contributed by atoms with Gasteiger partial charge in [0.25, 0.3) is 0 Å². The molecule has 1 aliphatic heterocycles. The highest BCUT2D eigenvalue weighted by molar-refractivity contribution is 7.88. The number of hydrogen-bond donors (Lipinski definition) is 0. The van der Waals surface area contributed by atoms with Gasteiger partial charge in [-0.05, 0) is 12.8 Å². The predicted molar refractivity (Wildman–Crippen MR) is 53.3 cm³/mol. The van der Waals surface area contributed by atoms with E-state index in [4.69, 9.17) is 0 Å². The SMILES string of the molecule is CN(C)C(=O)[C@@H]1CCCN1S(C)(=O)=O. The van der Waals surface area contributed by atoms with Crippen molar-refractivity contribution in [2.75, 3.05) is 26.9 Å². The molecule has 0 bridgehead atoms. The minimum Gasteiger partial charge on any atom is -0.347 e. The first-order valence-corrected chi connectivity index (χ1v) is 6.37. The van der Waals surface area contributed by atoms with Crippen molar-refractivity contribution in [3.8, 4) is 0 Å². The molecule has 82 valence electrons. The van der Waals surface area contributed by atoms with Crippen molar-refractivity contribution in [1.29, 1.82) is 0 Å². The summed E-state index contributed by atoms with van der Waals surface area (Å²) in [5, 5.41) is 0. The van der Waals surface area contributed by atoms with Gasteiger partial charge in [-0.3, -0.25) is 4.79 Å². The Labute approximate surface area is 84.7 Å². The Kier molecular flexibility index (Phi) is 3.16. The van der Waals surface area contributed by atoms with Crippen LogP contribution in [0.3, 0.4) is 0 Å². The van der Waals surface area contributed by atoms with Crippen LogP contribution in [0.15, 0.2) is 0 Å². The van der Waals surface area contributed by atoms with Crippen LogP contribution in [0.25, 0.3) is 0 Å². The third-order valence-corrected chi connectivity index (χ3v) is 3.64. The number of nitrogens with zero attached hydrogens (tertiary/aromatic N) is 2. The smallest absolute Gasteiger partial charge is 0.240 e. The molecule has 0 saturated carbocycles. The molecule has 1 saturated heterocycles. The molecule has 0 aromatic heterocycles. The van der Waals surface area contributed by atoms with Crippen molar-refractivity contribution in [3.63, 3.8) is 0 Å². The largest absolute Gasteiger partial charge is 0.347 e. The summed E-state index contributed by atoms with van der Waals surface area (Å²) in [6.07, 6.45) is 2.54. The maximum Gasteiger partial charge on any atom is 0.240 e. The lowest BCUT2D eigenvalue weighted by Crippen LogP contribution is -2.44. The molecule has 1 fully saturated rings. The van der Waals surface area contributed by atoms with Crippen LogP contribution >= 0.6 is 0 Å². The summed E-state index contributed by atoms with van der Waals surface area (Å²) >= 11 is 0. The van der Waals surface area contributed by atoms with E-state index in [0.29, 0.717) is 13.0 Å². The zero-order valence-electron chi connectivity index (χ0n) is 8.73. The van der Waals surface area contributed by atoms with Crippen LogP contribution in [0.1, 0.15) is 12.8 Å². The minimum atomic E-state index is -3.24. The van der Waals surface area contributed by atoms with Crippen molar-refractivity contribution in [3.05, 3.63) is 0 Å². The van der Waals surface area contributed by atoms with Gasteiger partial charge in [-0.2, -0.15) is 4.31 Å². The fourth-order valence-electron chi connectivity index (χ4n) is 1.68. The average Bonchev–Trinajstić information content (AvgIpc) is 2.48. The van der Waals surface area contributed by atoms with Crippen LogP contribution in [0.4, 0.5) is 0 Å². The van der Waals surface area contributed by atoms with Gasteiger partial charge in [-0.1, -0.05) is 0 Å². The van der Waals surface area contributed by atoms with E-state index in [1.54, 1.807) is 14.1 Å². The molecule has 0 unspecified atom stereocenters. The number of amides is 1. The lowest BCUT2D eigenvalue weighted by atomic mass is 10.2. The molecule has 5 nitrogen and oxygen atoms in total. The second kappa shape index (κ2) is 3.86. The number of rotatable bonds is 2. The topological polar surface area (TPSA) is 57.7 Å². The second-order valence-corrected chi connectivity index (χ2v) is 5.70. The van der Waals surface area contributed by atoms with E-state index >= 15 is 0 Å². The van der Waals surface area contributed by atoms with Crippen molar-refractivity contribution >= 4 is 15.9 Å². The van der Waals surface area contributed by atoms with E-state index in [9.17, 15) is 13.2 Å². The maximum atomic E-state index is 11.6. The van der Waals surface area contributed by atoms with Gasteiger partial charge in [0, 0.05) is 20.6 Å². The van der Waals surface area contributed by atoms with Crippen LogP contribution in [0.5, 0.6) is 0 Å². The van der Waals surface area contributed by atoms with Gasteiger partial charge in [0.05, 0.1) is 6.26 Å². The summed E-state index contributed by atoms with van der Waals surface area (Å²) in [5.41, 5.74) is 0. The summed E-state index contributed by atoms with van der Waals surface area (Å²) in [4.78, 5) is 13.1. The molecule has 0 radical (unpaired) electrons. The van der Waals surface area contributed by atoms with E-state index < -0.39 is 16.1 Å². The Morgan fingerprint density at radius 2 is 2.00 bits per heavy atom. The fraction of sp³-hybridized carbons (Fsp3) is 0.875. The van der Waals surface area contributed by atoms with Gasteiger partial charge < -0.3 is 4.90 Å². The molecule has 1 heterocycles. The molecule has 14 heavy (non-hydrogen) atoms. The quantitative estimate of drug-likeness (QED) is 0.630. The number of hydrogen-bond acceptors (Lipinski definition) is 3. The van der Waals surface area contributed by atoms with Gasteiger partial charge in [0.15, 0.2) is 0 Å². The first kappa shape index (κ1) is 11.5. The van der Waals surface area contributed by atoms with Crippen LogP contribution in [-0.2, 0) is 14.8 Å².